The van der Waals surface area contributed by atoms with Crippen molar-refractivity contribution in [1.82, 2.24) is 15.0 Å². The molecule has 0 saturated carbocycles. The predicted octanol–water partition coefficient (Wildman–Crippen LogP) is 9.18. The monoisotopic (exact) mass is 559 g/mol. The zero-order valence-electron chi connectivity index (χ0n) is 22.9. The molecule has 0 radical (unpaired) electrons. The van der Waals surface area contributed by atoms with Gasteiger partial charge in [0.15, 0.2) is 11.4 Å². The van der Waals surface area contributed by atoms with E-state index in [4.69, 9.17) is 28.1 Å². The van der Waals surface area contributed by atoms with Gasteiger partial charge in [-0.3, -0.25) is 0 Å². The standard InChI is InChI=1S/C37H17N7/c1-40-27-14-10-23(11-15-27)35-36(24-12-16-28(41-2)17-13-24)44-37-31(43-35)19-26(21-39)32-29-8-3-4-9-30(29)42-34(33(32)37)25-7-5-6-22(18-25)20-38/h3-19H. The SMILES string of the molecule is [C-]#[N+]c1ccc(-c2nc3cc(C#N)c4c5ccccc5nc(-c5cccc(C#N)c5)c4c3nc2-c2ccc([N+]#[C-])cc2)cc1. The number of benzene rings is 5. The minimum Gasteiger partial charge on any atom is -0.247 e. The minimum absolute atomic E-state index is 0.432. The van der Waals surface area contributed by atoms with Crippen LogP contribution in [0.1, 0.15) is 11.1 Å². The molecule has 0 atom stereocenters. The maximum Gasteiger partial charge on any atom is 0.187 e. The van der Waals surface area contributed by atoms with Gasteiger partial charge >= 0.3 is 0 Å². The summed E-state index contributed by atoms with van der Waals surface area (Å²) < 4.78 is 0. The molecule has 0 aliphatic heterocycles. The molecule has 0 amide bonds. The average Bonchev–Trinajstić information content (AvgIpc) is 3.10. The zero-order valence-corrected chi connectivity index (χ0v) is 22.9. The highest BCUT2D eigenvalue weighted by Gasteiger charge is 2.22. The smallest absolute Gasteiger partial charge is 0.187 e. The van der Waals surface area contributed by atoms with E-state index < -0.39 is 0 Å². The lowest BCUT2D eigenvalue weighted by molar-refractivity contribution is 1.30. The van der Waals surface area contributed by atoms with Crippen LogP contribution >= 0.6 is 0 Å². The normalized spacial score (nSPS) is 10.6. The van der Waals surface area contributed by atoms with Gasteiger partial charge in [0.2, 0.25) is 0 Å². The Morgan fingerprint density at radius 3 is 1.82 bits per heavy atom. The van der Waals surface area contributed by atoms with E-state index in [0.717, 1.165) is 22.1 Å². The second-order valence-electron chi connectivity index (χ2n) is 10.1. The molecule has 7 nitrogen and oxygen atoms in total. The molecule has 0 aliphatic carbocycles. The maximum absolute atomic E-state index is 10.4. The first kappa shape index (κ1) is 26.0. The van der Waals surface area contributed by atoms with Crippen LogP contribution in [-0.2, 0) is 0 Å². The summed E-state index contributed by atoms with van der Waals surface area (Å²) in [6.07, 6.45) is 0. The fraction of sp³-hybridized carbons (Fsp3) is 0. The summed E-state index contributed by atoms with van der Waals surface area (Å²) in [7, 11) is 0. The largest absolute Gasteiger partial charge is 0.247 e. The van der Waals surface area contributed by atoms with Gasteiger partial charge in [-0.15, -0.1) is 0 Å². The Kier molecular flexibility index (Phi) is 6.19. The van der Waals surface area contributed by atoms with Crippen molar-refractivity contribution in [1.29, 1.82) is 10.5 Å². The van der Waals surface area contributed by atoms with Crippen LogP contribution in [-0.4, -0.2) is 15.0 Å². The van der Waals surface area contributed by atoms with E-state index in [-0.39, 0.29) is 0 Å². The van der Waals surface area contributed by atoms with Gasteiger partial charge in [0.05, 0.1) is 70.0 Å². The van der Waals surface area contributed by atoms with Crippen molar-refractivity contribution in [3.63, 3.8) is 0 Å². The predicted molar refractivity (Wildman–Crippen MR) is 171 cm³/mol. The number of nitrogens with zero attached hydrogens (tertiary/aromatic N) is 7. The molecule has 0 fully saturated rings. The molecule has 7 rings (SSSR count). The van der Waals surface area contributed by atoms with Crippen LogP contribution < -0.4 is 0 Å². The molecular weight excluding hydrogens is 542 g/mol. The Bertz CT molecular complexity index is 2470. The lowest BCUT2D eigenvalue weighted by atomic mass is 9.94. The maximum atomic E-state index is 10.4. The van der Waals surface area contributed by atoms with Gasteiger partial charge < -0.3 is 0 Å². The van der Waals surface area contributed by atoms with Crippen LogP contribution in [0.25, 0.3) is 76.2 Å². The summed E-state index contributed by atoms with van der Waals surface area (Å²) in [5.41, 5.74) is 7.71. The van der Waals surface area contributed by atoms with Gasteiger partial charge in [-0.25, -0.2) is 24.6 Å². The number of aromatic nitrogens is 3. The summed E-state index contributed by atoms with van der Waals surface area (Å²) >= 11 is 0. The van der Waals surface area contributed by atoms with Gasteiger partial charge in [-0.1, -0.05) is 78.9 Å². The molecule has 0 bridgehead atoms. The van der Waals surface area contributed by atoms with Crippen molar-refractivity contribution in [2.24, 2.45) is 0 Å². The average molecular weight is 560 g/mol. The molecule has 44 heavy (non-hydrogen) atoms. The summed E-state index contributed by atoms with van der Waals surface area (Å²) in [4.78, 5) is 22.4. The number of para-hydroxylation sites is 1. The van der Waals surface area contributed by atoms with Gasteiger partial charge in [0.25, 0.3) is 0 Å². The van der Waals surface area contributed by atoms with Crippen LogP contribution in [0.15, 0.2) is 103 Å². The van der Waals surface area contributed by atoms with Crippen molar-refractivity contribution < 1.29 is 0 Å². The lowest BCUT2D eigenvalue weighted by Gasteiger charge is -2.16. The van der Waals surface area contributed by atoms with E-state index >= 15 is 0 Å². The Hall–Kier alpha value is -6.93. The van der Waals surface area contributed by atoms with Crippen LogP contribution in [0.2, 0.25) is 0 Å². The fourth-order valence-corrected chi connectivity index (χ4v) is 5.49. The number of fused-ring (bicyclic) bond motifs is 5. The quantitative estimate of drug-likeness (QED) is 0.159. The van der Waals surface area contributed by atoms with E-state index in [2.05, 4.69) is 21.8 Å². The highest BCUT2D eigenvalue weighted by molar-refractivity contribution is 6.22. The minimum atomic E-state index is 0.432. The third-order valence-electron chi connectivity index (χ3n) is 7.53. The van der Waals surface area contributed by atoms with Crippen molar-refractivity contribution in [3.8, 4) is 45.9 Å². The van der Waals surface area contributed by atoms with E-state index in [1.165, 1.54) is 0 Å². The fourth-order valence-electron chi connectivity index (χ4n) is 5.49. The first-order chi connectivity index (χ1) is 21.6. The Morgan fingerprint density at radius 2 is 1.18 bits per heavy atom. The highest BCUT2D eigenvalue weighted by Crippen LogP contribution is 2.41. The topological polar surface area (TPSA) is 95.0 Å². The molecule has 0 N–H and O–H groups in total. The summed E-state index contributed by atoms with van der Waals surface area (Å²) in [5, 5.41) is 22.2. The molecule has 2 aromatic heterocycles. The summed E-state index contributed by atoms with van der Waals surface area (Å²) in [6.45, 7) is 14.7. The van der Waals surface area contributed by atoms with Gasteiger partial charge in [-0.2, -0.15) is 10.5 Å². The zero-order chi connectivity index (χ0) is 30.2. The summed E-state index contributed by atoms with van der Waals surface area (Å²) in [6, 6.07) is 35.5. The molecule has 200 valence electrons. The van der Waals surface area contributed by atoms with Crippen molar-refractivity contribution in [2.75, 3.05) is 0 Å². The van der Waals surface area contributed by atoms with Gasteiger partial charge in [0, 0.05) is 21.7 Å². The number of nitriles is 2. The van der Waals surface area contributed by atoms with Crippen LogP contribution in [0.5, 0.6) is 0 Å². The van der Waals surface area contributed by atoms with E-state index in [9.17, 15) is 10.5 Å². The van der Waals surface area contributed by atoms with Crippen LogP contribution in [0.3, 0.4) is 0 Å². The molecule has 7 aromatic rings. The highest BCUT2D eigenvalue weighted by atomic mass is 14.8. The van der Waals surface area contributed by atoms with E-state index in [1.54, 1.807) is 42.5 Å². The first-order valence-electron chi connectivity index (χ1n) is 13.6. The van der Waals surface area contributed by atoms with Crippen LogP contribution in [0, 0.1) is 35.8 Å². The van der Waals surface area contributed by atoms with E-state index in [1.807, 2.05) is 60.7 Å². The summed E-state index contributed by atoms with van der Waals surface area (Å²) in [5.74, 6) is 0. The molecule has 0 spiro atoms. The van der Waals surface area contributed by atoms with Gasteiger partial charge in [0.1, 0.15) is 0 Å². The number of pyridine rings is 1. The Labute approximate surface area is 252 Å². The molecule has 0 aliphatic rings. The Morgan fingerprint density at radius 1 is 0.545 bits per heavy atom. The molecule has 7 heteroatoms. The second-order valence-corrected chi connectivity index (χ2v) is 10.1. The van der Waals surface area contributed by atoms with Crippen molar-refractivity contribution >= 4 is 44.1 Å². The Balaban J connectivity index is 1.67. The van der Waals surface area contributed by atoms with Gasteiger partial charge in [-0.05, 0) is 35.4 Å². The third-order valence-corrected chi connectivity index (χ3v) is 7.53. The molecular formula is C37H17N7. The number of hydrogen-bond donors (Lipinski definition) is 0. The van der Waals surface area contributed by atoms with E-state index in [0.29, 0.717) is 66.9 Å². The third kappa shape index (κ3) is 4.23. The second kappa shape index (κ2) is 10.5. The van der Waals surface area contributed by atoms with Crippen LogP contribution in [0.4, 0.5) is 11.4 Å². The van der Waals surface area contributed by atoms with Crippen molar-refractivity contribution in [3.05, 3.63) is 137 Å². The molecule has 2 heterocycles. The van der Waals surface area contributed by atoms with Crippen molar-refractivity contribution in [2.45, 2.75) is 0 Å². The number of rotatable bonds is 3. The lowest BCUT2D eigenvalue weighted by Crippen LogP contribution is -2.00. The number of hydrogen-bond acceptors (Lipinski definition) is 5. The molecule has 5 aromatic carbocycles. The first-order valence-corrected chi connectivity index (χ1v) is 13.6. The molecule has 0 unspecified atom stereocenters. The molecule has 0 saturated heterocycles.